The van der Waals surface area contributed by atoms with Crippen molar-refractivity contribution in [2.45, 2.75) is 37.6 Å². The van der Waals surface area contributed by atoms with E-state index >= 15 is 0 Å². The van der Waals surface area contributed by atoms with Gasteiger partial charge in [-0.15, -0.1) is 0 Å². The first-order valence-corrected chi connectivity index (χ1v) is 7.59. The number of halogens is 2. The van der Waals surface area contributed by atoms with E-state index in [4.69, 9.17) is 17.3 Å². The van der Waals surface area contributed by atoms with Crippen molar-refractivity contribution in [1.29, 1.82) is 0 Å². The quantitative estimate of drug-likeness (QED) is 0.870. The van der Waals surface area contributed by atoms with E-state index in [0.717, 1.165) is 10.4 Å². The minimum Gasteiger partial charge on any atom is -0.396 e. The van der Waals surface area contributed by atoms with Crippen molar-refractivity contribution in [3.05, 3.63) is 23.0 Å². The predicted octanol–water partition coefficient (Wildman–Crippen LogP) is 2.87. The molecule has 0 fully saturated rings. The molecule has 0 bridgehead atoms. The predicted molar refractivity (Wildman–Crippen MR) is 75.1 cm³/mol. The number of nitrogens with two attached hydrogens (primary N) is 1. The van der Waals surface area contributed by atoms with Crippen LogP contribution in [-0.2, 0) is 10.0 Å². The maximum atomic E-state index is 13.9. The Balaban J connectivity index is 3.45. The van der Waals surface area contributed by atoms with E-state index in [1.54, 1.807) is 13.8 Å². The van der Waals surface area contributed by atoms with Gasteiger partial charge in [0.05, 0.1) is 5.69 Å². The molecule has 19 heavy (non-hydrogen) atoms. The van der Waals surface area contributed by atoms with Crippen LogP contribution in [0.3, 0.4) is 0 Å². The molecule has 0 saturated heterocycles. The van der Waals surface area contributed by atoms with Gasteiger partial charge in [0.15, 0.2) is 5.82 Å². The Morgan fingerprint density at radius 1 is 1.42 bits per heavy atom. The summed E-state index contributed by atoms with van der Waals surface area (Å²) in [5.41, 5.74) is 4.50. The molecule has 0 radical (unpaired) electrons. The van der Waals surface area contributed by atoms with Crippen molar-refractivity contribution >= 4 is 27.3 Å². The van der Waals surface area contributed by atoms with Crippen molar-refractivity contribution < 1.29 is 12.8 Å². The summed E-state index contributed by atoms with van der Waals surface area (Å²) in [6.07, 6.45) is 0.584. The molecule has 0 unspecified atom stereocenters. The Kier molecular flexibility index (Phi) is 4.49. The van der Waals surface area contributed by atoms with Gasteiger partial charge in [-0.3, -0.25) is 0 Å². The summed E-state index contributed by atoms with van der Waals surface area (Å²) in [5.74, 6) is -0.969. The molecule has 2 N–H and O–H groups in total. The zero-order chi connectivity index (χ0) is 15.0. The van der Waals surface area contributed by atoms with E-state index in [0.29, 0.717) is 6.42 Å². The summed E-state index contributed by atoms with van der Waals surface area (Å²) in [7, 11) is -2.58. The van der Waals surface area contributed by atoms with Crippen LogP contribution in [0.4, 0.5) is 10.1 Å². The maximum absolute atomic E-state index is 13.9. The van der Waals surface area contributed by atoms with Crippen molar-refractivity contribution in [2.75, 3.05) is 12.8 Å². The Labute approximate surface area is 118 Å². The average molecular weight is 309 g/mol. The molecule has 0 heterocycles. The van der Waals surface area contributed by atoms with Gasteiger partial charge in [0, 0.05) is 17.6 Å². The third-order valence-corrected chi connectivity index (χ3v) is 5.67. The lowest BCUT2D eigenvalue weighted by Crippen LogP contribution is -2.44. The highest BCUT2D eigenvalue weighted by Crippen LogP contribution is 2.30. The second-order valence-electron chi connectivity index (χ2n) is 4.95. The summed E-state index contributed by atoms with van der Waals surface area (Å²) < 4.78 is 39.9. The third-order valence-electron chi connectivity index (χ3n) is 3.39. The minimum absolute atomic E-state index is 0.0835. The highest BCUT2D eigenvalue weighted by atomic mass is 35.5. The Morgan fingerprint density at radius 3 is 2.42 bits per heavy atom. The molecule has 0 atom stereocenters. The van der Waals surface area contributed by atoms with Crippen LogP contribution in [0.15, 0.2) is 17.0 Å². The molecule has 0 saturated carbocycles. The number of rotatable bonds is 4. The number of benzene rings is 1. The molecule has 0 spiro atoms. The molecule has 0 aliphatic carbocycles. The second kappa shape index (κ2) is 5.26. The third kappa shape index (κ3) is 3.01. The molecule has 7 heteroatoms. The fraction of sp³-hybridized carbons (Fsp3) is 0.500. The van der Waals surface area contributed by atoms with Crippen LogP contribution in [0, 0.1) is 5.82 Å². The standard InChI is InChI=1S/C12H18ClFN2O2S/c1-5-12(2,3)16(4)19(17,18)10-7-8(13)6-9(15)11(10)14/h6-7H,5,15H2,1-4H3. The van der Waals surface area contributed by atoms with Crippen LogP contribution in [-0.4, -0.2) is 25.3 Å². The van der Waals surface area contributed by atoms with E-state index < -0.39 is 26.3 Å². The van der Waals surface area contributed by atoms with Gasteiger partial charge in [0.25, 0.3) is 0 Å². The van der Waals surface area contributed by atoms with Gasteiger partial charge in [-0.2, -0.15) is 4.31 Å². The minimum atomic E-state index is -3.99. The van der Waals surface area contributed by atoms with Gasteiger partial charge in [-0.05, 0) is 32.4 Å². The molecular formula is C12H18ClFN2O2S. The van der Waals surface area contributed by atoms with Crippen molar-refractivity contribution in [3.63, 3.8) is 0 Å². The molecule has 1 aromatic carbocycles. The number of sulfonamides is 1. The fourth-order valence-electron chi connectivity index (χ4n) is 1.47. The Morgan fingerprint density at radius 2 is 1.95 bits per heavy atom. The molecule has 0 aromatic heterocycles. The van der Waals surface area contributed by atoms with Crippen LogP contribution < -0.4 is 5.73 Å². The topological polar surface area (TPSA) is 63.4 Å². The lowest BCUT2D eigenvalue weighted by molar-refractivity contribution is 0.256. The van der Waals surface area contributed by atoms with E-state index in [9.17, 15) is 12.8 Å². The summed E-state index contributed by atoms with van der Waals surface area (Å²) in [6, 6.07) is 2.26. The van der Waals surface area contributed by atoms with Crippen LogP contribution in [0.1, 0.15) is 27.2 Å². The zero-order valence-corrected chi connectivity index (χ0v) is 12.9. The maximum Gasteiger partial charge on any atom is 0.246 e. The lowest BCUT2D eigenvalue weighted by atomic mass is 10.0. The first kappa shape index (κ1) is 16.2. The number of hydrogen-bond acceptors (Lipinski definition) is 3. The number of hydrogen-bond donors (Lipinski definition) is 1. The summed E-state index contributed by atoms with van der Waals surface area (Å²) >= 11 is 5.75. The monoisotopic (exact) mass is 308 g/mol. The number of nitrogen functional groups attached to an aromatic ring is 1. The highest BCUT2D eigenvalue weighted by Gasteiger charge is 2.35. The molecule has 0 aliphatic heterocycles. The van der Waals surface area contributed by atoms with Crippen molar-refractivity contribution in [2.24, 2.45) is 0 Å². The summed E-state index contributed by atoms with van der Waals surface area (Å²) in [5, 5.41) is 0.0835. The summed E-state index contributed by atoms with van der Waals surface area (Å²) in [6.45, 7) is 5.38. The van der Waals surface area contributed by atoms with Crippen LogP contribution in [0.2, 0.25) is 5.02 Å². The zero-order valence-electron chi connectivity index (χ0n) is 11.4. The van der Waals surface area contributed by atoms with Gasteiger partial charge in [-0.1, -0.05) is 18.5 Å². The fourth-order valence-corrected chi connectivity index (χ4v) is 3.45. The van der Waals surface area contributed by atoms with E-state index in [1.807, 2.05) is 6.92 Å². The van der Waals surface area contributed by atoms with Gasteiger partial charge in [-0.25, -0.2) is 12.8 Å². The smallest absolute Gasteiger partial charge is 0.246 e. The van der Waals surface area contributed by atoms with E-state index in [1.165, 1.54) is 13.1 Å². The van der Waals surface area contributed by atoms with Crippen LogP contribution in [0.5, 0.6) is 0 Å². The van der Waals surface area contributed by atoms with Crippen LogP contribution in [0.25, 0.3) is 0 Å². The number of anilines is 1. The van der Waals surface area contributed by atoms with Crippen molar-refractivity contribution in [3.8, 4) is 0 Å². The highest BCUT2D eigenvalue weighted by molar-refractivity contribution is 7.89. The largest absolute Gasteiger partial charge is 0.396 e. The molecule has 1 aromatic rings. The number of nitrogens with zero attached hydrogens (tertiary/aromatic N) is 1. The van der Waals surface area contributed by atoms with E-state index in [-0.39, 0.29) is 10.7 Å². The lowest BCUT2D eigenvalue weighted by Gasteiger charge is -2.33. The molecular weight excluding hydrogens is 291 g/mol. The van der Waals surface area contributed by atoms with Crippen LogP contribution >= 0.6 is 11.6 Å². The first-order chi connectivity index (χ1) is 8.54. The van der Waals surface area contributed by atoms with Gasteiger partial charge in [0.2, 0.25) is 10.0 Å². The summed E-state index contributed by atoms with van der Waals surface area (Å²) in [4.78, 5) is -0.499. The van der Waals surface area contributed by atoms with Gasteiger partial charge in [0.1, 0.15) is 4.90 Å². The van der Waals surface area contributed by atoms with Gasteiger partial charge >= 0.3 is 0 Å². The molecule has 0 aliphatic rings. The second-order valence-corrected chi connectivity index (χ2v) is 7.32. The normalized spacial score (nSPS) is 13.0. The Bertz CT molecular complexity index is 588. The first-order valence-electron chi connectivity index (χ1n) is 5.77. The molecule has 0 amide bonds. The molecule has 4 nitrogen and oxygen atoms in total. The molecule has 108 valence electrons. The van der Waals surface area contributed by atoms with Crippen molar-refractivity contribution in [1.82, 2.24) is 4.31 Å². The SMILES string of the molecule is CCC(C)(C)N(C)S(=O)(=O)c1cc(Cl)cc(N)c1F. The van der Waals surface area contributed by atoms with E-state index in [2.05, 4.69) is 0 Å². The van der Waals surface area contributed by atoms with Gasteiger partial charge < -0.3 is 5.73 Å². The average Bonchev–Trinajstić information content (AvgIpc) is 2.32. The molecule has 1 rings (SSSR count). The Hall–Kier alpha value is -0.850.